The number of amides is 1. The van der Waals surface area contributed by atoms with Gasteiger partial charge >= 0.3 is 6.18 Å². The highest BCUT2D eigenvalue weighted by Crippen LogP contribution is 2.36. The van der Waals surface area contributed by atoms with Crippen molar-refractivity contribution in [2.24, 2.45) is 0 Å². The predicted octanol–water partition coefficient (Wildman–Crippen LogP) is 3.13. The van der Waals surface area contributed by atoms with E-state index in [0.29, 0.717) is 28.2 Å². The van der Waals surface area contributed by atoms with Crippen molar-refractivity contribution in [2.75, 3.05) is 0 Å². The minimum atomic E-state index is -4.42. The molecule has 0 unspecified atom stereocenters. The van der Waals surface area contributed by atoms with Gasteiger partial charge in [0, 0.05) is 0 Å². The summed E-state index contributed by atoms with van der Waals surface area (Å²) in [6, 6.07) is 4.35. The Hall–Kier alpha value is -3.17. The Bertz CT molecular complexity index is 1160. The number of fused-ring (bicyclic) bond motifs is 1. The van der Waals surface area contributed by atoms with Crippen LogP contribution in [-0.2, 0) is 17.5 Å². The molecule has 30 heavy (non-hydrogen) atoms. The van der Waals surface area contributed by atoms with E-state index in [2.05, 4.69) is 15.5 Å². The van der Waals surface area contributed by atoms with Crippen molar-refractivity contribution < 1.29 is 18.0 Å². The smallest absolute Gasteiger partial charge is 0.348 e. The van der Waals surface area contributed by atoms with Crippen LogP contribution in [0.25, 0.3) is 10.9 Å². The van der Waals surface area contributed by atoms with E-state index in [0.717, 1.165) is 29.7 Å². The van der Waals surface area contributed by atoms with Crippen molar-refractivity contribution in [1.29, 1.82) is 0 Å². The van der Waals surface area contributed by atoms with Gasteiger partial charge in [0.05, 0.1) is 40.4 Å². The van der Waals surface area contributed by atoms with Crippen molar-refractivity contribution in [3.8, 4) is 0 Å². The van der Waals surface area contributed by atoms with Crippen LogP contribution in [0.1, 0.15) is 48.7 Å². The highest BCUT2D eigenvalue weighted by atomic mass is 19.4. The number of rotatable bonds is 5. The lowest BCUT2D eigenvalue weighted by molar-refractivity contribution is -0.137. The summed E-state index contributed by atoms with van der Waals surface area (Å²) in [5, 5.41) is 11.7. The van der Waals surface area contributed by atoms with Crippen molar-refractivity contribution in [3.05, 3.63) is 57.6 Å². The fourth-order valence-electron chi connectivity index (χ4n) is 3.46. The van der Waals surface area contributed by atoms with Gasteiger partial charge in [0.1, 0.15) is 6.54 Å². The molecule has 158 valence electrons. The molecule has 0 aliphatic heterocycles. The first kappa shape index (κ1) is 20.1. The number of halogens is 3. The van der Waals surface area contributed by atoms with Crippen LogP contribution in [0.3, 0.4) is 0 Å². The lowest BCUT2D eigenvalue weighted by Crippen LogP contribution is -2.35. The van der Waals surface area contributed by atoms with Crippen LogP contribution in [0.2, 0.25) is 0 Å². The minimum absolute atomic E-state index is 0.296. The van der Waals surface area contributed by atoms with Crippen molar-refractivity contribution in [1.82, 2.24) is 24.9 Å². The number of carbonyl (C=O) groups is 1. The molecule has 1 fully saturated rings. The Morgan fingerprint density at radius 1 is 1.27 bits per heavy atom. The van der Waals surface area contributed by atoms with Crippen LogP contribution in [0.15, 0.2) is 35.3 Å². The van der Waals surface area contributed by atoms with E-state index in [9.17, 15) is 22.8 Å². The number of benzene rings is 1. The van der Waals surface area contributed by atoms with Gasteiger partial charge in [0.15, 0.2) is 0 Å². The molecule has 0 spiro atoms. The van der Waals surface area contributed by atoms with Crippen molar-refractivity contribution in [2.45, 2.75) is 51.5 Å². The van der Waals surface area contributed by atoms with Gasteiger partial charge in [-0.1, -0.05) is 12.1 Å². The summed E-state index contributed by atoms with van der Waals surface area (Å²) in [6.45, 7) is 3.13. The van der Waals surface area contributed by atoms with Crippen LogP contribution >= 0.6 is 0 Å². The van der Waals surface area contributed by atoms with Gasteiger partial charge < -0.3 is 5.32 Å². The lowest BCUT2D eigenvalue weighted by Gasteiger charge is -2.16. The third-order valence-electron chi connectivity index (χ3n) is 5.18. The molecule has 1 aliphatic carbocycles. The number of carbonyl (C=O) groups excluding carboxylic acids is 1. The molecule has 1 aliphatic rings. The second kappa shape index (κ2) is 7.26. The molecule has 1 amide bonds. The SMILES string of the molecule is Cc1nn(CC(=O)N[C@@H](C)c2ccc(C(F)(F)F)cc2)c(=O)c2cnn(C3CC3)c12. The highest BCUT2D eigenvalue weighted by Gasteiger charge is 2.30. The number of nitrogens with one attached hydrogen (secondary N) is 1. The van der Waals surface area contributed by atoms with Gasteiger partial charge in [-0.05, 0) is 44.4 Å². The number of aromatic nitrogens is 4. The molecular weight excluding hydrogens is 399 g/mol. The highest BCUT2D eigenvalue weighted by molar-refractivity contribution is 5.80. The monoisotopic (exact) mass is 419 g/mol. The third-order valence-corrected chi connectivity index (χ3v) is 5.18. The van der Waals surface area contributed by atoms with Crippen molar-refractivity contribution >= 4 is 16.8 Å². The first-order valence-electron chi connectivity index (χ1n) is 9.56. The molecule has 0 saturated heterocycles. The standard InChI is InChI=1S/C20H20F3N5O2/c1-11(13-3-5-14(6-4-13)20(21,22)23)25-17(29)10-27-19(30)16-9-24-28(15-7-8-15)18(16)12(2)26-27/h3-6,9,11,15H,7-8,10H2,1-2H3,(H,25,29)/t11-/m0/s1. The molecule has 2 aromatic heterocycles. The number of aryl methyl sites for hydroxylation is 1. The van der Waals surface area contributed by atoms with Gasteiger partial charge in [-0.15, -0.1) is 0 Å². The zero-order valence-corrected chi connectivity index (χ0v) is 16.4. The first-order chi connectivity index (χ1) is 14.1. The average molecular weight is 419 g/mol. The number of hydrogen-bond donors (Lipinski definition) is 1. The maximum absolute atomic E-state index is 12.7. The molecule has 4 rings (SSSR count). The van der Waals surface area contributed by atoms with Crippen LogP contribution in [-0.4, -0.2) is 25.5 Å². The Morgan fingerprint density at radius 2 is 1.93 bits per heavy atom. The number of hydrogen-bond acceptors (Lipinski definition) is 4. The fraction of sp³-hybridized carbons (Fsp3) is 0.400. The van der Waals surface area contributed by atoms with Crippen molar-refractivity contribution in [3.63, 3.8) is 0 Å². The van der Waals surface area contributed by atoms with Crippen LogP contribution in [0.4, 0.5) is 13.2 Å². The van der Waals surface area contributed by atoms with E-state index in [1.165, 1.54) is 18.3 Å². The zero-order chi connectivity index (χ0) is 21.6. The summed E-state index contributed by atoms with van der Waals surface area (Å²) >= 11 is 0. The van der Waals surface area contributed by atoms with Crippen LogP contribution in [0.5, 0.6) is 0 Å². The van der Waals surface area contributed by atoms with Gasteiger partial charge in [-0.3, -0.25) is 14.3 Å². The Balaban J connectivity index is 1.49. The van der Waals surface area contributed by atoms with E-state index in [-0.39, 0.29) is 6.54 Å². The second-order valence-electron chi connectivity index (χ2n) is 7.54. The molecule has 1 atom stereocenters. The van der Waals surface area contributed by atoms with E-state index in [4.69, 9.17) is 0 Å². The zero-order valence-electron chi connectivity index (χ0n) is 16.4. The summed E-state index contributed by atoms with van der Waals surface area (Å²) in [5.74, 6) is -0.467. The molecule has 0 radical (unpaired) electrons. The molecule has 1 N–H and O–H groups in total. The normalized spacial score (nSPS) is 15.4. The Morgan fingerprint density at radius 3 is 2.53 bits per heavy atom. The number of nitrogens with zero attached hydrogens (tertiary/aromatic N) is 4. The molecule has 1 aromatic carbocycles. The van der Waals surface area contributed by atoms with E-state index >= 15 is 0 Å². The topological polar surface area (TPSA) is 81.8 Å². The lowest BCUT2D eigenvalue weighted by atomic mass is 10.1. The Kier molecular flexibility index (Phi) is 4.87. The van der Waals surface area contributed by atoms with E-state index < -0.39 is 29.2 Å². The summed E-state index contributed by atoms with van der Waals surface area (Å²) in [4.78, 5) is 25.2. The van der Waals surface area contributed by atoms with E-state index in [1.54, 1.807) is 13.8 Å². The second-order valence-corrected chi connectivity index (χ2v) is 7.54. The first-order valence-corrected chi connectivity index (χ1v) is 9.56. The van der Waals surface area contributed by atoms with Gasteiger partial charge in [-0.2, -0.15) is 23.4 Å². The molecule has 3 aromatic rings. The quantitative estimate of drug-likeness (QED) is 0.689. The summed E-state index contributed by atoms with van der Waals surface area (Å²) in [7, 11) is 0. The maximum Gasteiger partial charge on any atom is 0.416 e. The number of alkyl halides is 3. The molecular formula is C20H20F3N5O2. The van der Waals surface area contributed by atoms with Gasteiger partial charge in [-0.25, -0.2) is 4.68 Å². The average Bonchev–Trinajstić information content (AvgIpc) is 3.43. The van der Waals surface area contributed by atoms with Gasteiger partial charge in [0.2, 0.25) is 5.91 Å². The maximum atomic E-state index is 12.7. The van der Waals surface area contributed by atoms with E-state index in [1.807, 2.05) is 4.68 Å². The Labute approximate surface area is 169 Å². The van der Waals surface area contributed by atoms with Crippen LogP contribution in [0, 0.1) is 6.92 Å². The fourth-order valence-corrected chi connectivity index (χ4v) is 3.46. The predicted molar refractivity (Wildman–Crippen MR) is 103 cm³/mol. The molecule has 0 bridgehead atoms. The minimum Gasteiger partial charge on any atom is -0.348 e. The van der Waals surface area contributed by atoms with Crippen LogP contribution < -0.4 is 10.9 Å². The summed E-state index contributed by atoms with van der Waals surface area (Å²) in [6.07, 6.45) is -0.876. The molecule has 7 nitrogen and oxygen atoms in total. The molecule has 1 saturated carbocycles. The molecule has 2 heterocycles. The summed E-state index contributed by atoms with van der Waals surface area (Å²) < 4.78 is 41.0. The molecule has 10 heteroatoms. The summed E-state index contributed by atoms with van der Waals surface area (Å²) in [5.41, 5.74) is 0.666. The third kappa shape index (κ3) is 3.81. The van der Waals surface area contributed by atoms with Gasteiger partial charge in [0.25, 0.3) is 5.56 Å². The largest absolute Gasteiger partial charge is 0.416 e.